The average molecular weight is 276 g/mol. The van der Waals surface area contributed by atoms with Gasteiger partial charge in [-0.05, 0) is 38.5 Å². The summed E-state index contributed by atoms with van der Waals surface area (Å²) in [5.74, 6) is 0.249. The van der Waals surface area contributed by atoms with Crippen LogP contribution in [-0.2, 0) is 4.74 Å². The lowest BCUT2D eigenvalue weighted by atomic mass is 9.74. The van der Waals surface area contributed by atoms with E-state index in [0.717, 1.165) is 38.0 Å². The zero-order valence-corrected chi connectivity index (χ0v) is 12.2. The Balaban J connectivity index is 1.71. The van der Waals surface area contributed by atoms with Crippen molar-refractivity contribution in [2.75, 3.05) is 6.61 Å². The van der Waals surface area contributed by atoms with Gasteiger partial charge in [0.2, 0.25) is 0 Å². The van der Waals surface area contributed by atoms with Crippen molar-refractivity contribution in [2.24, 2.45) is 5.92 Å². The van der Waals surface area contributed by atoms with Crippen LogP contribution < -0.4 is 0 Å². The van der Waals surface area contributed by atoms with Gasteiger partial charge in [0.1, 0.15) is 6.10 Å². The largest absolute Gasteiger partial charge is 0.386 e. The lowest BCUT2D eigenvalue weighted by molar-refractivity contribution is -0.134. The summed E-state index contributed by atoms with van der Waals surface area (Å²) in [7, 11) is 0. The number of nitrogens with zero attached hydrogens (tertiary/aromatic N) is 2. The molecule has 0 amide bonds. The van der Waals surface area contributed by atoms with E-state index < -0.39 is 6.10 Å². The summed E-state index contributed by atoms with van der Waals surface area (Å²) in [5, 5.41) is 10.6. The van der Waals surface area contributed by atoms with Crippen molar-refractivity contribution in [3.05, 3.63) is 23.8 Å². The molecular formula is C16H24N2O2. The molecule has 0 radical (unpaired) electrons. The summed E-state index contributed by atoms with van der Waals surface area (Å²) < 4.78 is 6.09. The molecule has 2 atom stereocenters. The SMILES string of the molecule is Cc1cnc(C(O)C2CCOC3(CCCCC3)C2)cn1. The third kappa shape index (κ3) is 2.86. The molecular weight excluding hydrogens is 252 g/mol. The van der Waals surface area contributed by atoms with Gasteiger partial charge in [0.25, 0.3) is 0 Å². The number of rotatable bonds is 2. The number of ether oxygens (including phenoxy) is 1. The molecule has 2 aliphatic rings. The third-order valence-corrected chi connectivity index (χ3v) is 4.85. The van der Waals surface area contributed by atoms with Gasteiger partial charge < -0.3 is 9.84 Å². The lowest BCUT2D eigenvalue weighted by Gasteiger charge is -2.44. The maximum Gasteiger partial charge on any atom is 0.100 e. The maximum atomic E-state index is 10.6. The van der Waals surface area contributed by atoms with E-state index in [-0.39, 0.29) is 11.5 Å². The first-order chi connectivity index (χ1) is 9.69. The first kappa shape index (κ1) is 14.0. The van der Waals surface area contributed by atoms with Gasteiger partial charge in [-0.1, -0.05) is 19.3 Å². The summed E-state index contributed by atoms with van der Waals surface area (Å²) in [6.07, 6.45) is 10.9. The van der Waals surface area contributed by atoms with E-state index in [2.05, 4.69) is 9.97 Å². The predicted octanol–water partition coefficient (Wildman–Crippen LogP) is 2.95. The molecule has 1 saturated heterocycles. The molecule has 1 saturated carbocycles. The summed E-state index contributed by atoms with van der Waals surface area (Å²) in [4.78, 5) is 8.58. The molecule has 20 heavy (non-hydrogen) atoms. The first-order valence-corrected chi connectivity index (χ1v) is 7.79. The maximum absolute atomic E-state index is 10.6. The van der Waals surface area contributed by atoms with Crippen LogP contribution in [0.5, 0.6) is 0 Å². The molecule has 1 spiro atoms. The smallest absolute Gasteiger partial charge is 0.100 e. The van der Waals surface area contributed by atoms with E-state index in [1.807, 2.05) is 6.92 Å². The molecule has 2 heterocycles. The number of aryl methyl sites for hydroxylation is 1. The number of aliphatic hydroxyl groups excluding tert-OH is 1. The molecule has 110 valence electrons. The molecule has 0 aromatic carbocycles. The Bertz CT molecular complexity index is 435. The summed E-state index contributed by atoms with van der Waals surface area (Å²) in [5.41, 5.74) is 1.62. The highest BCUT2D eigenvalue weighted by Crippen LogP contribution is 2.43. The second-order valence-electron chi connectivity index (χ2n) is 6.37. The molecule has 4 heteroatoms. The minimum Gasteiger partial charge on any atom is -0.386 e. The van der Waals surface area contributed by atoms with Crippen LogP contribution in [0.25, 0.3) is 0 Å². The van der Waals surface area contributed by atoms with Crippen LogP contribution in [0.1, 0.15) is 62.4 Å². The van der Waals surface area contributed by atoms with E-state index >= 15 is 0 Å². The van der Waals surface area contributed by atoms with E-state index in [1.165, 1.54) is 19.3 Å². The molecule has 0 bridgehead atoms. The van der Waals surface area contributed by atoms with Gasteiger partial charge in [0.15, 0.2) is 0 Å². The Morgan fingerprint density at radius 3 is 2.75 bits per heavy atom. The average Bonchev–Trinajstić information content (AvgIpc) is 2.48. The Kier molecular flexibility index (Phi) is 4.03. The van der Waals surface area contributed by atoms with E-state index in [1.54, 1.807) is 12.4 Å². The lowest BCUT2D eigenvalue weighted by Crippen LogP contribution is -2.42. The first-order valence-electron chi connectivity index (χ1n) is 7.79. The third-order valence-electron chi connectivity index (χ3n) is 4.85. The Morgan fingerprint density at radius 2 is 2.05 bits per heavy atom. The molecule has 1 aromatic heterocycles. The van der Waals surface area contributed by atoms with Crippen molar-refractivity contribution in [3.63, 3.8) is 0 Å². The number of aliphatic hydroxyl groups is 1. The van der Waals surface area contributed by atoms with Gasteiger partial charge in [-0.15, -0.1) is 0 Å². The highest BCUT2D eigenvalue weighted by Gasteiger charge is 2.41. The molecule has 1 N–H and O–H groups in total. The normalized spacial score (nSPS) is 27.4. The number of hydrogen-bond donors (Lipinski definition) is 1. The van der Waals surface area contributed by atoms with Crippen LogP contribution in [0.4, 0.5) is 0 Å². The minimum atomic E-state index is -0.509. The highest BCUT2D eigenvalue weighted by atomic mass is 16.5. The van der Waals surface area contributed by atoms with Crippen LogP contribution in [0.15, 0.2) is 12.4 Å². The zero-order chi connectivity index (χ0) is 14.0. The van der Waals surface area contributed by atoms with Crippen molar-refractivity contribution in [1.29, 1.82) is 0 Å². The Labute approximate surface area is 120 Å². The molecule has 1 aromatic rings. The molecule has 1 aliphatic carbocycles. The fourth-order valence-corrected chi connectivity index (χ4v) is 3.68. The molecule has 2 unspecified atom stereocenters. The van der Waals surface area contributed by atoms with Gasteiger partial charge in [0.05, 0.1) is 23.2 Å². The number of aromatic nitrogens is 2. The van der Waals surface area contributed by atoms with Gasteiger partial charge in [0, 0.05) is 12.8 Å². The van der Waals surface area contributed by atoms with Crippen molar-refractivity contribution in [1.82, 2.24) is 9.97 Å². The topological polar surface area (TPSA) is 55.2 Å². The Hall–Kier alpha value is -1.00. The molecule has 4 nitrogen and oxygen atoms in total. The van der Waals surface area contributed by atoms with Crippen molar-refractivity contribution in [3.8, 4) is 0 Å². The number of hydrogen-bond acceptors (Lipinski definition) is 4. The second-order valence-corrected chi connectivity index (χ2v) is 6.37. The van der Waals surface area contributed by atoms with Crippen molar-refractivity contribution < 1.29 is 9.84 Å². The quantitative estimate of drug-likeness (QED) is 0.902. The van der Waals surface area contributed by atoms with Gasteiger partial charge in [-0.3, -0.25) is 9.97 Å². The molecule has 2 fully saturated rings. The zero-order valence-electron chi connectivity index (χ0n) is 12.2. The van der Waals surface area contributed by atoms with Gasteiger partial charge in [-0.2, -0.15) is 0 Å². The summed E-state index contributed by atoms with van der Waals surface area (Å²) in [6, 6.07) is 0. The van der Waals surface area contributed by atoms with Gasteiger partial charge >= 0.3 is 0 Å². The monoisotopic (exact) mass is 276 g/mol. The molecule has 1 aliphatic heterocycles. The van der Waals surface area contributed by atoms with Crippen LogP contribution in [-0.4, -0.2) is 27.3 Å². The summed E-state index contributed by atoms with van der Waals surface area (Å²) >= 11 is 0. The van der Waals surface area contributed by atoms with Crippen LogP contribution >= 0.6 is 0 Å². The van der Waals surface area contributed by atoms with E-state index in [9.17, 15) is 5.11 Å². The van der Waals surface area contributed by atoms with Crippen molar-refractivity contribution >= 4 is 0 Å². The van der Waals surface area contributed by atoms with Crippen LogP contribution in [0.2, 0.25) is 0 Å². The molecule has 3 rings (SSSR count). The predicted molar refractivity (Wildman–Crippen MR) is 76.2 cm³/mol. The van der Waals surface area contributed by atoms with Gasteiger partial charge in [-0.25, -0.2) is 0 Å². The highest BCUT2D eigenvalue weighted by molar-refractivity contribution is 5.06. The van der Waals surface area contributed by atoms with Crippen molar-refractivity contribution in [2.45, 2.75) is 63.6 Å². The van der Waals surface area contributed by atoms with Crippen LogP contribution in [0, 0.1) is 12.8 Å². The second kappa shape index (κ2) is 5.78. The standard InChI is InChI=1S/C16H24N2O2/c1-12-10-18-14(11-17-12)15(19)13-5-8-20-16(9-13)6-3-2-4-7-16/h10-11,13,15,19H,2-9H2,1H3. The van der Waals surface area contributed by atoms with E-state index in [4.69, 9.17) is 4.74 Å². The fraction of sp³-hybridized carbons (Fsp3) is 0.750. The minimum absolute atomic E-state index is 0.0280. The fourth-order valence-electron chi connectivity index (χ4n) is 3.68. The van der Waals surface area contributed by atoms with Crippen LogP contribution in [0.3, 0.4) is 0 Å². The Morgan fingerprint density at radius 1 is 1.25 bits per heavy atom. The summed E-state index contributed by atoms with van der Waals surface area (Å²) in [6.45, 7) is 2.68. The van der Waals surface area contributed by atoms with E-state index in [0.29, 0.717) is 5.69 Å².